The maximum absolute atomic E-state index is 12.2. The molecule has 3 N–H and O–H groups in total. The van der Waals surface area contributed by atoms with Gasteiger partial charge in [0.1, 0.15) is 0 Å². The average Bonchev–Trinajstić information content (AvgIpc) is 2.42. The maximum Gasteiger partial charge on any atom is 0.237 e. The first kappa shape index (κ1) is 20.3. The normalized spacial score (nSPS) is 14.5. The van der Waals surface area contributed by atoms with Crippen LogP contribution in [0.3, 0.4) is 0 Å². The average molecular weight is 302 g/mol. The second-order valence-electron chi connectivity index (χ2n) is 5.77. The third-order valence-electron chi connectivity index (χ3n) is 3.25. The molecule has 0 aliphatic rings. The van der Waals surface area contributed by atoms with Gasteiger partial charge in [-0.2, -0.15) is 0 Å². The minimum absolute atomic E-state index is 0.116. The molecular weight excluding hydrogens is 268 g/mol. The summed E-state index contributed by atoms with van der Waals surface area (Å²) in [6.07, 6.45) is 3.19. The lowest BCUT2D eigenvalue weighted by Gasteiger charge is -2.28. The first-order valence-electron chi connectivity index (χ1n) is 8.25. The highest BCUT2D eigenvalue weighted by molar-refractivity contribution is 5.81. The molecule has 0 aliphatic carbocycles. The molecule has 0 rings (SSSR count). The van der Waals surface area contributed by atoms with E-state index in [1.54, 1.807) is 0 Å². The van der Waals surface area contributed by atoms with Crippen LogP contribution in [-0.4, -0.2) is 37.5 Å². The summed E-state index contributed by atoms with van der Waals surface area (Å²) in [5.41, 5.74) is 5.95. The zero-order valence-electron chi connectivity index (χ0n) is 14.4. The second kappa shape index (κ2) is 12.0. The Morgan fingerprint density at radius 1 is 1.14 bits per heavy atom. The van der Waals surface area contributed by atoms with Crippen molar-refractivity contribution in [2.75, 3.05) is 13.2 Å². The van der Waals surface area contributed by atoms with E-state index in [-0.39, 0.29) is 11.9 Å². The van der Waals surface area contributed by atoms with E-state index in [0.29, 0.717) is 25.6 Å². The molecule has 0 saturated heterocycles. The molecule has 0 aliphatic heterocycles. The highest BCUT2D eigenvalue weighted by Crippen LogP contribution is 2.11. The van der Waals surface area contributed by atoms with Gasteiger partial charge in [0.05, 0.1) is 12.1 Å². The predicted molar refractivity (Wildman–Crippen MR) is 85.9 cm³/mol. The molecule has 0 fully saturated rings. The molecule has 0 aromatic heterocycles. The fourth-order valence-corrected chi connectivity index (χ4v) is 2.21. The molecule has 0 saturated carbocycles. The number of nitrogens with two attached hydrogens (primary N) is 1. The summed E-state index contributed by atoms with van der Waals surface area (Å²) >= 11 is 0. The summed E-state index contributed by atoms with van der Waals surface area (Å²) in [5.74, 6) is 0.281. The van der Waals surface area contributed by atoms with Gasteiger partial charge in [-0.3, -0.25) is 4.79 Å². The Balaban J connectivity index is 4.67. The molecule has 21 heavy (non-hydrogen) atoms. The number of amides is 1. The van der Waals surface area contributed by atoms with Crippen LogP contribution in [-0.2, 0) is 14.3 Å². The fourth-order valence-electron chi connectivity index (χ4n) is 2.21. The third kappa shape index (κ3) is 9.06. The molecule has 1 amide bonds. The first-order chi connectivity index (χ1) is 9.96. The fraction of sp³-hybridized carbons (Fsp3) is 0.938. The number of ether oxygens (including phenoxy) is 2. The SMILES string of the molecule is CCCCC(NC(=O)[C@@H](N)CC(C)C)C(OCC)OCC. The first-order valence-corrected chi connectivity index (χ1v) is 8.25. The Hall–Kier alpha value is -0.650. The van der Waals surface area contributed by atoms with Gasteiger partial charge in [-0.25, -0.2) is 0 Å². The molecule has 0 spiro atoms. The minimum atomic E-state index is -0.474. The summed E-state index contributed by atoms with van der Waals surface area (Å²) in [6, 6.07) is -0.617. The van der Waals surface area contributed by atoms with Gasteiger partial charge in [0.15, 0.2) is 6.29 Å². The molecule has 1 unspecified atom stereocenters. The van der Waals surface area contributed by atoms with Crippen molar-refractivity contribution in [3.05, 3.63) is 0 Å². The van der Waals surface area contributed by atoms with Crippen molar-refractivity contribution in [3.63, 3.8) is 0 Å². The van der Waals surface area contributed by atoms with Crippen LogP contribution in [0.2, 0.25) is 0 Å². The number of carbonyl (C=O) groups is 1. The van der Waals surface area contributed by atoms with Crippen molar-refractivity contribution in [1.82, 2.24) is 5.32 Å². The second-order valence-corrected chi connectivity index (χ2v) is 5.77. The summed E-state index contributed by atoms with van der Waals surface area (Å²) in [6.45, 7) is 11.2. The summed E-state index contributed by atoms with van der Waals surface area (Å²) in [4.78, 5) is 12.2. The smallest absolute Gasteiger partial charge is 0.237 e. The van der Waals surface area contributed by atoms with Crippen molar-refractivity contribution in [3.8, 4) is 0 Å². The Morgan fingerprint density at radius 2 is 1.71 bits per heavy atom. The number of carbonyl (C=O) groups excluding carboxylic acids is 1. The summed E-state index contributed by atoms with van der Waals surface area (Å²) < 4.78 is 11.3. The Bertz CT molecular complexity index is 266. The number of hydrogen-bond donors (Lipinski definition) is 2. The number of nitrogens with one attached hydrogen (secondary N) is 1. The Labute approximate surface area is 129 Å². The molecule has 5 heteroatoms. The zero-order valence-corrected chi connectivity index (χ0v) is 14.4. The van der Waals surface area contributed by atoms with Gasteiger partial charge < -0.3 is 20.5 Å². The van der Waals surface area contributed by atoms with Crippen LogP contribution < -0.4 is 11.1 Å². The van der Waals surface area contributed by atoms with Crippen LogP contribution in [0, 0.1) is 5.92 Å². The van der Waals surface area contributed by atoms with Crippen molar-refractivity contribution in [2.24, 2.45) is 11.7 Å². The van der Waals surface area contributed by atoms with Crippen LogP contribution in [0.5, 0.6) is 0 Å². The zero-order chi connectivity index (χ0) is 16.3. The Kier molecular flexibility index (Phi) is 11.6. The van der Waals surface area contributed by atoms with E-state index < -0.39 is 12.3 Å². The standard InChI is InChI=1S/C16H34N2O3/c1-6-9-10-14(16(20-7-2)21-8-3)18-15(19)13(17)11-12(4)5/h12-14,16H,6-11,17H2,1-5H3,(H,18,19)/t13-,14?/m0/s1. The van der Waals surface area contributed by atoms with Gasteiger partial charge in [-0.1, -0.05) is 33.6 Å². The van der Waals surface area contributed by atoms with Crippen molar-refractivity contribution in [1.29, 1.82) is 0 Å². The molecule has 0 bridgehead atoms. The monoisotopic (exact) mass is 302 g/mol. The number of hydrogen-bond acceptors (Lipinski definition) is 4. The topological polar surface area (TPSA) is 73.6 Å². The lowest BCUT2D eigenvalue weighted by atomic mass is 10.0. The molecule has 0 aromatic carbocycles. The molecule has 0 aromatic rings. The van der Waals surface area contributed by atoms with E-state index in [9.17, 15) is 4.79 Å². The molecule has 0 heterocycles. The molecule has 0 radical (unpaired) electrons. The van der Waals surface area contributed by atoms with E-state index in [2.05, 4.69) is 26.1 Å². The van der Waals surface area contributed by atoms with Gasteiger partial charge in [0.25, 0.3) is 0 Å². The van der Waals surface area contributed by atoms with Gasteiger partial charge in [0.2, 0.25) is 5.91 Å². The van der Waals surface area contributed by atoms with Crippen LogP contribution in [0.4, 0.5) is 0 Å². The molecular formula is C16H34N2O3. The lowest BCUT2D eigenvalue weighted by molar-refractivity contribution is -0.160. The Morgan fingerprint density at radius 3 is 2.14 bits per heavy atom. The van der Waals surface area contributed by atoms with Crippen LogP contribution in [0.25, 0.3) is 0 Å². The highest BCUT2D eigenvalue weighted by atomic mass is 16.7. The maximum atomic E-state index is 12.2. The molecule has 5 nitrogen and oxygen atoms in total. The van der Waals surface area contributed by atoms with E-state index >= 15 is 0 Å². The van der Waals surface area contributed by atoms with E-state index in [1.165, 1.54) is 0 Å². The molecule has 2 atom stereocenters. The van der Waals surface area contributed by atoms with Crippen LogP contribution in [0.15, 0.2) is 0 Å². The number of unbranched alkanes of at least 4 members (excludes halogenated alkanes) is 1. The van der Waals surface area contributed by atoms with Gasteiger partial charge in [0, 0.05) is 13.2 Å². The highest BCUT2D eigenvalue weighted by Gasteiger charge is 2.26. The van der Waals surface area contributed by atoms with Crippen LogP contribution >= 0.6 is 0 Å². The third-order valence-corrected chi connectivity index (χ3v) is 3.25. The van der Waals surface area contributed by atoms with Crippen molar-refractivity contribution < 1.29 is 14.3 Å². The predicted octanol–water partition coefficient (Wildman–Crippen LogP) is 2.43. The van der Waals surface area contributed by atoms with Gasteiger partial charge >= 0.3 is 0 Å². The quantitative estimate of drug-likeness (QED) is 0.543. The van der Waals surface area contributed by atoms with Crippen LogP contribution in [0.1, 0.15) is 60.3 Å². The number of rotatable bonds is 12. The van der Waals surface area contributed by atoms with Crippen molar-refractivity contribution in [2.45, 2.75) is 78.7 Å². The van der Waals surface area contributed by atoms with Crippen molar-refractivity contribution >= 4 is 5.91 Å². The summed E-state index contributed by atoms with van der Waals surface area (Å²) in [5, 5.41) is 3.01. The van der Waals surface area contributed by atoms with Gasteiger partial charge in [-0.15, -0.1) is 0 Å². The largest absolute Gasteiger partial charge is 0.351 e. The van der Waals surface area contributed by atoms with E-state index in [4.69, 9.17) is 15.2 Å². The van der Waals surface area contributed by atoms with E-state index in [1.807, 2.05) is 13.8 Å². The summed E-state index contributed by atoms with van der Waals surface area (Å²) in [7, 11) is 0. The van der Waals surface area contributed by atoms with Gasteiger partial charge in [-0.05, 0) is 32.6 Å². The molecule has 126 valence electrons. The lowest BCUT2D eigenvalue weighted by Crippen LogP contribution is -2.51. The van der Waals surface area contributed by atoms with E-state index in [0.717, 1.165) is 19.3 Å². The minimum Gasteiger partial charge on any atom is -0.351 e.